The van der Waals surface area contributed by atoms with E-state index in [9.17, 15) is 0 Å². The Labute approximate surface area is 145 Å². The fraction of sp³-hybridized carbons (Fsp3) is 0.611. The molecule has 1 saturated heterocycles. The largest absolute Gasteiger partial charge is 0.369 e. The summed E-state index contributed by atoms with van der Waals surface area (Å²) in [6.07, 6.45) is 4.55. The highest BCUT2D eigenvalue weighted by Gasteiger charge is 2.22. The number of aliphatic imine (C=N–C) groups is 1. The third-order valence-electron chi connectivity index (χ3n) is 4.34. The summed E-state index contributed by atoms with van der Waals surface area (Å²) in [5.41, 5.74) is 1.31. The number of hydrogen-bond donors (Lipinski definition) is 2. The molecule has 1 aromatic carbocycles. The fourth-order valence-corrected chi connectivity index (χ4v) is 2.94. The molecule has 1 fully saturated rings. The first kappa shape index (κ1) is 18.0. The van der Waals surface area contributed by atoms with Gasteiger partial charge in [-0.3, -0.25) is 4.99 Å². The molecular formula is C18H30N4S. The molecule has 5 heteroatoms. The third-order valence-corrected chi connectivity index (χ3v) is 5.59. The molecule has 0 aliphatic carbocycles. The van der Waals surface area contributed by atoms with E-state index < -0.39 is 0 Å². The van der Waals surface area contributed by atoms with Crippen LogP contribution >= 0.6 is 11.8 Å². The molecule has 0 saturated carbocycles. The second-order valence-corrected chi connectivity index (χ2v) is 8.17. The van der Waals surface area contributed by atoms with E-state index in [2.05, 4.69) is 71.0 Å². The maximum Gasteiger partial charge on any atom is 0.191 e. The summed E-state index contributed by atoms with van der Waals surface area (Å²) in [7, 11) is 1.85. The van der Waals surface area contributed by atoms with Crippen LogP contribution in [-0.4, -0.2) is 49.7 Å². The molecule has 1 aliphatic heterocycles. The molecule has 0 bridgehead atoms. The van der Waals surface area contributed by atoms with Crippen molar-refractivity contribution in [3.05, 3.63) is 30.3 Å². The van der Waals surface area contributed by atoms with Gasteiger partial charge in [-0.25, -0.2) is 0 Å². The van der Waals surface area contributed by atoms with Gasteiger partial charge in [0.1, 0.15) is 0 Å². The highest BCUT2D eigenvalue weighted by Crippen LogP contribution is 2.20. The number of anilines is 1. The number of hydrogen-bond acceptors (Lipinski definition) is 3. The van der Waals surface area contributed by atoms with Crippen LogP contribution in [-0.2, 0) is 0 Å². The van der Waals surface area contributed by atoms with Crippen molar-refractivity contribution in [2.24, 2.45) is 4.99 Å². The number of benzene rings is 1. The molecule has 0 aromatic heterocycles. The molecule has 0 radical (unpaired) electrons. The zero-order valence-corrected chi connectivity index (χ0v) is 15.6. The Morgan fingerprint density at radius 2 is 2.09 bits per heavy atom. The lowest BCUT2D eigenvalue weighted by Gasteiger charge is -2.35. The number of thioether (sulfide) groups is 1. The van der Waals surface area contributed by atoms with E-state index in [1.54, 1.807) is 0 Å². The van der Waals surface area contributed by atoms with Gasteiger partial charge in [-0.2, -0.15) is 11.8 Å². The average Bonchev–Trinajstić information content (AvgIpc) is 2.59. The summed E-state index contributed by atoms with van der Waals surface area (Å²) in [5.74, 6) is 0.909. The van der Waals surface area contributed by atoms with Gasteiger partial charge >= 0.3 is 0 Å². The van der Waals surface area contributed by atoms with Crippen molar-refractivity contribution in [3.8, 4) is 0 Å². The van der Waals surface area contributed by atoms with Gasteiger partial charge in [-0.05, 0) is 45.1 Å². The Morgan fingerprint density at radius 1 is 1.35 bits per heavy atom. The Kier molecular flexibility index (Phi) is 6.63. The third kappa shape index (κ3) is 5.65. The van der Waals surface area contributed by atoms with E-state index in [0.717, 1.165) is 25.6 Å². The standard InChI is InChI=1S/C18H30N4S/c1-18(2,23-4)14-20-17(19-3)21-15-9-8-12-22(13-15)16-10-6-5-7-11-16/h5-7,10-11,15H,8-9,12-14H2,1-4H3,(H2,19,20,21). The predicted molar refractivity (Wildman–Crippen MR) is 104 cm³/mol. The van der Waals surface area contributed by atoms with E-state index in [1.807, 2.05) is 18.8 Å². The minimum absolute atomic E-state index is 0.209. The van der Waals surface area contributed by atoms with E-state index in [0.29, 0.717) is 6.04 Å². The van der Waals surface area contributed by atoms with Gasteiger partial charge in [0.25, 0.3) is 0 Å². The molecule has 2 rings (SSSR count). The first-order valence-electron chi connectivity index (χ1n) is 8.36. The van der Waals surface area contributed by atoms with Crippen LogP contribution in [0, 0.1) is 0 Å². The number of guanidine groups is 1. The topological polar surface area (TPSA) is 39.7 Å². The lowest BCUT2D eigenvalue weighted by Crippen LogP contribution is -2.52. The molecule has 4 nitrogen and oxygen atoms in total. The summed E-state index contributed by atoms with van der Waals surface area (Å²) in [6.45, 7) is 7.55. The molecule has 1 aromatic rings. The average molecular weight is 335 g/mol. The quantitative estimate of drug-likeness (QED) is 0.641. The molecule has 1 heterocycles. The van der Waals surface area contributed by atoms with Crippen LogP contribution in [0.5, 0.6) is 0 Å². The Bertz CT molecular complexity index is 501. The van der Waals surface area contributed by atoms with Crippen molar-refractivity contribution in [3.63, 3.8) is 0 Å². The molecule has 23 heavy (non-hydrogen) atoms. The van der Waals surface area contributed by atoms with Gasteiger partial charge in [0.2, 0.25) is 0 Å². The predicted octanol–water partition coefficient (Wildman–Crippen LogP) is 2.96. The van der Waals surface area contributed by atoms with E-state index in [1.165, 1.54) is 18.5 Å². The fourth-order valence-electron chi connectivity index (χ4n) is 2.73. The van der Waals surface area contributed by atoms with Gasteiger partial charge in [-0.1, -0.05) is 18.2 Å². The first-order chi connectivity index (χ1) is 11.0. The second-order valence-electron chi connectivity index (χ2n) is 6.65. The number of piperidine rings is 1. The van der Waals surface area contributed by atoms with Crippen LogP contribution in [0.3, 0.4) is 0 Å². The van der Waals surface area contributed by atoms with E-state index in [4.69, 9.17) is 0 Å². The molecule has 1 unspecified atom stereocenters. The summed E-state index contributed by atoms with van der Waals surface area (Å²) in [5, 5.41) is 7.05. The lowest BCUT2D eigenvalue weighted by molar-refractivity contribution is 0.467. The van der Waals surface area contributed by atoms with E-state index in [-0.39, 0.29) is 4.75 Å². The van der Waals surface area contributed by atoms with Gasteiger partial charge in [0.15, 0.2) is 5.96 Å². The van der Waals surface area contributed by atoms with Gasteiger partial charge in [0.05, 0.1) is 0 Å². The second kappa shape index (κ2) is 8.48. The minimum Gasteiger partial charge on any atom is -0.369 e. The minimum atomic E-state index is 0.209. The zero-order valence-electron chi connectivity index (χ0n) is 14.8. The number of rotatable bonds is 5. The maximum atomic E-state index is 4.38. The molecule has 128 valence electrons. The van der Waals surface area contributed by atoms with Crippen molar-refractivity contribution in [1.82, 2.24) is 10.6 Å². The normalized spacial score (nSPS) is 19.6. The lowest BCUT2D eigenvalue weighted by atomic mass is 10.0. The summed E-state index contributed by atoms with van der Waals surface area (Å²) in [4.78, 5) is 6.84. The first-order valence-corrected chi connectivity index (χ1v) is 9.59. The van der Waals surface area contributed by atoms with Crippen LogP contribution in [0.1, 0.15) is 26.7 Å². The molecule has 2 N–H and O–H groups in total. The van der Waals surface area contributed by atoms with Crippen molar-refractivity contribution in [2.75, 3.05) is 37.8 Å². The van der Waals surface area contributed by atoms with E-state index >= 15 is 0 Å². The van der Waals surface area contributed by atoms with Crippen LogP contribution < -0.4 is 15.5 Å². The monoisotopic (exact) mass is 334 g/mol. The smallest absolute Gasteiger partial charge is 0.191 e. The summed E-state index contributed by atoms with van der Waals surface area (Å²) >= 11 is 1.87. The Balaban J connectivity index is 1.88. The highest BCUT2D eigenvalue weighted by molar-refractivity contribution is 7.99. The SMILES string of the molecule is CN=C(NCC(C)(C)SC)NC1CCCN(c2ccccc2)C1. The van der Waals surface area contributed by atoms with Crippen molar-refractivity contribution in [2.45, 2.75) is 37.5 Å². The zero-order chi connectivity index (χ0) is 16.7. The summed E-state index contributed by atoms with van der Waals surface area (Å²) < 4.78 is 0.209. The highest BCUT2D eigenvalue weighted by atomic mass is 32.2. The Hall–Kier alpha value is -1.36. The molecule has 1 atom stereocenters. The molecule has 1 aliphatic rings. The van der Waals surface area contributed by atoms with Crippen molar-refractivity contribution < 1.29 is 0 Å². The van der Waals surface area contributed by atoms with Crippen LogP contribution in [0.15, 0.2) is 35.3 Å². The van der Waals surface area contributed by atoms with Crippen LogP contribution in [0.25, 0.3) is 0 Å². The van der Waals surface area contributed by atoms with Crippen molar-refractivity contribution in [1.29, 1.82) is 0 Å². The maximum absolute atomic E-state index is 4.38. The number of para-hydroxylation sites is 1. The van der Waals surface area contributed by atoms with Crippen LogP contribution in [0.2, 0.25) is 0 Å². The summed E-state index contributed by atoms with van der Waals surface area (Å²) in [6, 6.07) is 11.1. The molecule has 0 spiro atoms. The van der Waals surface area contributed by atoms with Crippen molar-refractivity contribution >= 4 is 23.4 Å². The van der Waals surface area contributed by atoms with Gasteiger partial charge in [0, 0.05) is 43.2 Å². The number of nitrogens with zero attached hydrogens (tertiary/aromatic N) is 2. The molecule has 0 amide bonds. The van der Waals surface area contributed by atoms with Gasteiger partial charge in [-0.15, -0.1) is 0 Å². The van der Waals surface area contributed by atoms with Gasteiger partial charge < -0.3 is 15.5 Å². The van der Waals surface area contributed by atoms with Crippen LogP contribution in [0.4, 0.5) is 5.69 Å². The number of nitrogens with one attached hydrogen (secondary N) is 2. The molecular weight excluding hydrogens is 304 g/mol. The Morgan fingerprint density at radius 3 is 2.74 bits per heavy atom.